The molecule has 1 N–H and O–H groups in total. The average Bonchev–Trinajstić information content (AvgIpc) is 1.77. The summed E-state index contributed by atoms with van der Waals surface area (Å²) in [7, 11) is 0. The molecule has 0 atom stereocenters. The number of hydrogen-bond acceptors (Lipinski definition) is 2. The smallest absolute Gasteiger partial charge is 0.135 e. The van der Waals surface area contributed by atoms with Gasteiger partial charge in [-0.1, -0.05) is 19.3 Å². The molecule has 2 nitrogen and oxygen atoms in total. The van der Waals surface area contributed by atoms with E-state index in [-0.39, 0.29) is 5.78 Å². The van der Waals surface area contributed by atoms with Gasteiger partial charge in [0.25, 0.3) is 0 Å². The molecule has 1 saturated carbocycles. The first-order chi connectivity index (χ1) is 5.18. The number of Topliss-reactive ketones (excluding diaryl/α,β-unsaturated/α-hetero) is 1. The van der Waals surface area contributed by atoms with Crippen LogP contribution in [0.5, 0.6) is 0 Å². The Bertz CT molecular complexity index is 170. The summed E-state index contributed by atoms with van der Waals surface area (Å²) in [6.45, 7) is 1.55. The van der Waals surface area contributed by atoms with Gasteiger partial charge in [-0.3, -0.25) is 4.79 Å². The molecular formula is C9H15NO. The second-order valence-corrected chi connectivity index (χ2v) is 3.48. The first-order valence-electron chi connectivity index (χ1n) is 4.24. The van der Waals surface area contributed by atoms with E-state index in [4.69, 9.17) is 5.41 Å². The van der Waals surface area contributed by atoms with E-state index < -0.39 is 0 Å². The van der Waals surface area contributed by atoms with Gasteiger partial charge in [0.05, 0.1) is 0 Å². The van der Waals surface area contributed by atoms with Crippen LogP contribution in [0.15, 0.2) is 0 Å². The predicted molar refractivity (Wildman–Crippen MR) is 45.0 cm³/mol. The summed E-state index contributed by atoms with van der Waals surface area (Å²) in [4.78, 5) is 10.6. The average molecular weight is 153 g/mol. The number of hydrogen-bond donors (Lipinski definition) is 1. The van der Waals surface area contributed by atoms with Gasteiger partial charge in [-0.05, 0) is 19.3 Å². The minimum Gasteiger partial charge on any atom is -0.309 e. The Labute approximate surface area is 67.5 Å². The third kappa shape index (κ3) is 2.83. The van der Waals surface area contributed by atoms with Crippen LogP contribution < -0.4 is 0 Å². The van der Waals surface area contributed by atoms with E-state index in [0.29, 0.717) is 12.1 Å². The zero-order valence-electron chi connectivity index (χ0n) is 7.02. The molecule has 0 radical (unpaired) electrons. The minimum atomic E-state index is 0.120. The van der Waals surface area contributed by atoms with Gasteiger partial charge in [0.2, 0.25) is 0 Å². The van der Waals surface area contributed by atoms with E-state index in [1.807, 2.05) is 0 Å². The summed E-state index contributed by atoms with van der Waals surface area (Å²) in [6.07, 6.45) is 5.08. The van der Waals surface area contributed by atoms with Crippen molar-refractivity contribution in [3.8, 4) is 0 Å². The van der Waals surface area contributed by atoms with Gasteiger partial charge in [-0.25, -0.2) is 0 Å². The van der Waals surface area contributed by atoms with Crippen LogP contribution in [-0.4, -0.2) is 11.5 Å². The second kappa shape index (κ2) is 3.65. The Kier molecular flexibility index (Phi) is 2.80. The van der Waals surface area contributed by atoms with Gasteiger partial charge in [0.1, 0.15) is 5.78 Å². The summed E-state index contributed by atoms with van der Waals surface area (Å²) in [5, 5.41) is 7.47. The predicted octanol–water partition coefficient (Wildman–Crippen LogP) is 2.18. The van der Waals surface area contributed by atoms with Crippen LogP contribution in [0.3, 0.4) is 0 Å². The highest BCUT2D eigenvalue weighted by Gasteiger charge is 2.18. The molecule has 0 aliphatic heterocycles. The van der Waals surface area contributed by atoms with Crippen LogP contribution in [0, 0.1) is 11.3 Å². The Hall–Kier alpha value is -0.660. The Morgan fingerprint density at radius 3 is 2.55 bits per heavy atom. The molecule has 0 spiro atoms. The SMILES string of the molecule is CC(=O)CC(=N)CC1CCC1. The Morgan fingerprint density at radius 1 is 1.55 bits per heavy atom. The first kappa shape index (κ1) is 8.44. The number of rotatable bonds is 4. The molecule has 62 valence electrons. The van der Waals surface area contributed by atoms with Crippen LogP contribution in [0.2, 0.25) is 0 Å². The van der Waals surface area contributed by atoms with Gasteiger partial charge in [-0.15, -0.1) is 0 Å². The van der Waals surface area contributed by atoms with Crippen molar-refractivity contribution in [1.29, 1.82) is 5.41 Å². The minimum absolute atomic E-state index is 0.120. The summed E-state index contributed by atoms with van der Waals surface area (Å²) in [6, 6.07) is 0. The van der Waals surface area contributed by atoms with Gasteiger partial charge in [-0.2, -0.15) is 0 Å². The Balaban J connectivity index is 2.14. The topological polar surface area (TPSA) is 40.9 Å². The quantitative estimate of drug-likeness (QED) is 0.618. The molecule has 0 aromatic carbocycles. The zero-order valence-corrected chi connectivity index (χ0v) is 7.02. The van der Waals surface area contributed by atoms with Crippen molar-refractivity contribution in [3.05, 3.63) is 0 Å². The standard InChI is InChI=1S/C9H15NO/c1-7(11)5-9(10)6-8-3-2-4-8/h8,10H,2-6H2,1H3. The molecule has 1 rings (SSSR count). The second-order valence-electron chi connectivity index (χ2n) is 3.48. The molecule has 1 aliphatic rings. The van der Waals surface area contributed by atoms with Crippen molar-refractivity contribution in [1.82, 2.24) is 0 Å². The lowest BCUT2D eigenvalue weighted by Gasteiger charge is -2.25. The van der Waals surface area contributed by atoms with Gasteiger partial charge in [0, 0.05) is 12.1 Å². The molecule has 0 amide bonds. The lowest BCUT2D eigenvalue weighted by Crippen LogP contribution is -2.16. The fraction of sp³-hybridized carbons (Fsp3) is 0.778. The Morgan fingerprint density at radius 2 is 2.18 bits per heavy atom. The van der Waals surface area contributed by atoms with Crippen molar-refractivity contribution in [2.45, 2.75) is 39.0 Å². The highest BCUT2D eigenvalue weighted by Crippen LogP contribution is 2.29. The fourth-order valence-electron chi connectivity index (χ4n) is 1.42. The monoisotopic (exact) mass is 153 g/mol. The highest BCUT2D eigenvalue weighted by atomic mass is 16.1. The van der Waals surface area contributed by atoms with Crippen LogP contribution in [0.1, 0.15) is 39.0 Å². The van der Waals surface area contributed by atoms with Crippen molar-refractivity contribution in [3.63, 3.8) is 0 Å². The lowest BCUT2D eigenvalue weighted by molar-refractivity contribution is -0.115. The summed E-state index contributed by atoms with van der Waals surface area (Å²) in [5.74, 6) is 0.844. The van der Waals surface area contributed by atoms with Crippen molar-refractivity contribution in [2.75, 3.05) is 0 Å². The number of carbonyl (C=O) groups is 1. The summed E-state index contributed by atoms with van der Waals surface area (Å²) >= 11 is 0. The molecule has 0 saturated heterocycles. The van der Waals surface area contributed by atoms with E-state index in [0.717, 1.165) is 12.3 Å². The van der Waals surface area contributed by atoms with Gasteiger partial charge < -0.3 is 5.41 Å². The number of ketones is 1. The number of nitrogens with one attached hydrogen (secondary N) is 1. The van der Waals surface area contributed by atoms with Crippen molar-refractivity contribution in [2.24, 2.45) is 5.92 Å². The first-order valence-corrected chi connectivity index (χ1v) is 4.24. The van der Waals surface area contributed by atoms with Gasteiger partial charge >= 0.3 is 0 Å². The van der Waals surface area contributed by atoms with Crippen LogP contribution >= 0.6 is 0 Å². The number of carbonyl (C=O) groups excluding carboxylic acids is 1. The molecule has 2 heteroatoms. The molecule has 0 heterocycles. The van der Waals surface area contributed by atoms with E-state index in [2.05, 4.69) is 0 Å². The maximum atomic E-state index is 10.6. The largest absolute Gasteiger partial charge is 0.309 e. The van der Waals surface area contributed by atoms with Crippen LogP contribution in [-0.2, 0) is 4.79 Å². The van der Waals surface area contributed by atoms with Crippen LogP contribution in [0.25, 0.3) is 0 Å². The molecule has 0 unspecified atom stereocenters. The van der Waals surface area contributed by atoms with E-state index >= 15 is 0 Å². The van der Waals surface area contributed by atoms with E-state index in [1.165, 1.54) is 19.3 Å². The van der Waals surface area contributed by atoms with Crippen molar-refractivity contribution < 1.29 is 4.79 Å². The molecule has 1 aliphatic carbocycles. The van der Waals surface area contributed by atoms with Crippen LogP contribution in [0.4, 0.5) is 0 Å². The molecule has 11 heavy (non-hydrogen) atoms. The summed E-state index contributed by atoms with van der Waals surface area (Å²) in [5.41, 5.74) is 0.627. The highest BCUT2D eigenvalue weighted by molar-refractivity contribution is 5.99. The van der Waals surface area contributed by atoms with E-state index in [9.17, 15) is 4.79 Å². The molecular weight excluding hydrogens is 138 g/mol. The summed E-state index contributed by atoms with van der Waals surface area (Å²) < 4.78 is 0. The normalized spacial score (nSPS) is 17.5. The molecule has 1 fully saturated rings. The molecule has 0 aromatic rings. The lowest BCUT2D eigenvalue weighted by atomic mass is 9.81. The molecule has 0 bridgehead atoms. The zero-order chi connectivity index (χ0) is 8.27. The fourth-order valence-corrected chi connectivity index (χ4v) is 1.42. The van der Waals surface area contributed by atoms with E-state index in [1.54, 1.807) is 6.92 Å². The maximum Gasteiger partial charge on any atom is 0.135 e. The molecule has 0 aromatic heterocycles. The van der Waals surface area contributed by atoms with Crippen molar-refractivity contribution >= 4 is 11.5 Å². The third-order valence-corrected chi connectivity index (χ3v) is 2.22. The maximum absolute atomic E-state index is 10.6. The third-order valence-electron chi connectivity index (χ3n) is 2.22. The van der Waals surface area contributed by atoms with Gasteiger partial charge in [0.15, 0.2) is 0 Å².